The average molecular weight is 267 g/mol. The Morgan fingerprint density at radius 1 is 1.68 bits per heavy atom. The molecule has 6 heteroatoms. The van der Waals surface area contributed by atoms with Crippen LogP contribution in [-0.4, -0.2) is 46.6 Å². The van der Waals surface area contributed by atoms with Crippen molar-refractivity contribution >= 4 is 11.7 Å². The van der Waals surface area contributed by atoms with Crippen molar-refractivity contribution in [3.8, 4) is 0 Å². The molecule has 19 heavy (non-hydrogen) atoms. The number of rotatable bonds is 4. The fourth-order valence-corrected chi connectivity index (χ4v) is 2.36. The van der Waals surface area contributed by atoms with Crippen molar-refractivity contribution in [2.75, 3.05) is 25.0 Å². The molecule has 0 aromatic carbocycles. The summed E-state index contributed by atoms with van der Waals surface area (Å²) in [7, 11) is 0. The van der Waals surface area contributed by atoms with Crippen molar-refractivity contribution in [3.63, 3.8) is 0 Å². The zero-order valence-corrected chi connectivity index (χ0v) is 10.9. The van der Waals surface area contributed by atoms with Crippen molar-refractivity contribution in [2.45, 2.75) is 25.8 Å². The molecule has 1 saturated heterocycles. The molecule has 1 atom stereocenters. The Balaban J connectivity index is 2.29. The van der Waals surface area contributed by atoms with Crippen LogP contribution in [0.15, 0.2) is 12.3 Å². The van der Waals surface area contributed by atoms with Crippen LogP contribution in [0.5, 0.6) is 0 Å². The number of carbonyl (C=O) groups is 1. The Labute approximate surface area is 111 Å². The number of hydrogen-bond acceptors (Lipinski definition) is 4. The summed E-state index contributed by atoms with van der Waals surface area (Å²) in [6, 6.07) is 1.02. The summed E-state index contributed by atoms with van der Waals surface area (Å²) in [5.74, 6) is -0.429. The van der Waals surface area contributed by atoms with Crippen LogP contribution in [0.25, 0.3) is 0 Å². The van der Waals surface area contributed by atoms with Gasteiger partial charge in [0, 0.05) is 13.1 Å². The molecule has 1 unspecified atom stereocenters. The van der Waals surface area contributed by atoms with Gasteiger partial charge in [0.05, 0.1) is 24.4 Å². The maximum atomic E-state index is 13.3. The maximum absolute atomic E-state index is 13.3. The van der Waals surface area contributed by atoms with Gasteiger partial charge in [0.25, 0.3) is 5.91 Å². The summed E-state index contributed by atoms with van der Waals surface area (Å²) < 4.78 is 13.3. The number of aromatic nitrogens is 1. The van der Waals surface area contributed by atoms with Gasteiger partial charge in [-0.05, 0) is 25.8 Å². The molecule has 5 nitrogen and oxygen atoms in total. The van der Waals surface area contributed by atoms with E-state index >= 15 is 0 Å². The summed E-state index contributed by atoms with van der Waals surface area (Å²) in [5.41, 5.74) is 0.224. The SMILES string of the molecule is CCNc1ncc(F)cc1C(=O)N1CCCC1CO. The Hall–Kier alpha value is -1.69. The molecule has 0 saturated carbocycles. The molecule has 1 aliphatic heterocycles. The predicted octanol–water partition coefficient (Wildman–Crippen LogP) is 1.25. The van der Waals surface area contributed by atoms with E-state index in [0.717, 1.165) is 19.0 Å². The second-order valence-electron chi connectivity index (χ2n) is 4.56. The van der Waals surface area contributed by atoms with Crippen LogP contribution in [-0.2, 0) is 0 Å². The highest BCUT2D eigenvalue weighted by atomic mass is 19.1. The fourth-order valence-electron chi connectivity index (χ4n) is 2.36. The van der Waals surface area contributed by atoms with Gasteiger partial charge in [-0.1, -0.05) is 0 Å². The van der Waals surface area contributed by atoms with E-state index in [4.69, 9.17) is 0 Å². The molecule has 0 spiro atoms. The summed E-state index contributed by atoms with van der Waals surface area (Å²) in [6.45, 7) is 3.01. The number of nitrogens with zero attached hydrogens (tertiary/aromatic N) is 2. The minimum absolute atomic E-state index is 0.0645. The maximum Gasteiger partial charge on any atom is 0.258 e. The average Bonchev–Trinajstić information content (AvgIpc) is 2.88. The van der Waals surface area contributed by atoms with Crippen LogP contribution < -0.4 is 5.32 Å². The van der Waals surface area contributed by atoms with Gasteiger partial charge in [-0.25, -0.2) is 9.37 Å². The number of nitrogens with one attached hydrogen (secondary N) is 1. The Bertz CT molecular complexity index is 467. The number of aliphatic hydroxyl groups excluding tert-OH is 1. The fraction of sp³-hybridized carbons (Fsp3) is 0.538. The highest BCUT2D eigenvalue weighted by Crippen LogP contribution is 2.23. The highest BCUT2D eigenvalue weighted by molar-refractivity contribution is 5.99. The highest BCUT2D eigenvalue weighted by Gasteiger charge is 2.30. The van der Waals surface area contributed by atoms with Crippen LogP contribution in [0.1, 0.15) is 30.1 Å². The monoisotopic (exact) mass is 267 g/mol. The number of carbonyl (C=O) groups excluding carboxylic acids is 1. The van der Waals surface area contributed by atoms with E-state index in [2.05, 4.69) is 10.3 Å². The molecule has 2 N–H and O–H groups in total. The number of halogens is 1. The first kappa shape index (κ1) is 13.7. The van der Waals surface area contributed by atoms with Crippen molar-refractivity contribution in [3.05, 3.63) is 23.6 Å². The van der Waals surface area contributed by atoms with E-state index < -0.39 is 5.82 Å². The van der Waals surface area contributed by atoms with Gasteiger partial charge in [0.15, 0.2) is 0 Å². The second kappa shape index (κ2) is 5.97. The topological polar surface area (TPSA) is 65.5 Å². The lowest BCUT2D eigenvalue weighted by molar-refractivity contribution is 0.0677. The summed E-state index contributed by atoms with van der Waals surface area (Å²) >= 11 is 0. The van der Waals surface area contributed by atoms with Gasteiger partial charge in [-0.15, -0.1) is 0 Å². The normalized spacial score (nSPS) is 18.7. The van der Waals surface area contributed by atoms with Crippen LogP contribution in [0.3, 0.4) is 0 Å². The van der Waals surface area contributed by atoms with E-state index in [-0.39, 0.29) is 24.1 Å². The standard InChI is InChI=1S/C13H18FN3O2/c1-2-15-12-11(6-9(14)7-16-12)13(19)17-5-3-4-10(17)8-18/h6-7,10,18H,2-5,8H2,1H3,(H,15,16). The van der Waals surface area contributed by atoms with Crippen LogP contribution >= 0.6 is 0 Å². The first-order valence-corrected chi connectivity index (χ1v) is 6.48. The van der Waals surface area contributed by atoms with Crippen LogP contribution in [0.2, 0.25) is 0 Å². The third-order valence-electron chi connectivity index (χ3n) is 3.28. The number of hydrogen-bond donors (Lipinski definition) is 2. The van der Waals surface area contributed by atoms with Crippen molar-refractivity contribution in [1.29, 1.82) is 0 Å². The Kier molecular flexibility index (Phi) is 4.31. The van der Waals surface area contributed by atoms with Crippen molar-refractivity contribution in [2.24, 2.45) is 0 Å². The minimum Gasteiger partial charge on any atom is -0.394 e. The molecule has 1 fully saturated rings. The summed E-state index contributed by atoms with van der Waals surface area (Å²) in [5, 5.41) is 12.2. The van der Waals surface area contributed by atoms with Crippen LogP contribution in [0.4, 0.5) is 10.2 Å². The molecular formula is C13H18FN3O2. The molecule has 2 rings (SSSR count). The molecule has 104 valence electrons. The van der Waals surface area contributed by atoms with Gasteiger partial charge >= 0.3 is 0 Å². The van der Waals surface area contributed by atoms with E-state index in [1.807, 2.05) is 6.92 Å². The number of pyridine rings is 1. The van der Waals surface area contributed by atoms with Crippen LogP contribution in [0, 0.1) is 5.82 Å². The first-order valence-electron chi connectivity index (χ1n) is 6.48. The predicted molar refractivity (Wildman–Crippen MR) is 69.5 cm³/mol. The van der Waals surface area contributed by atoms with Crippen molar-refractivity contribution < 1.29 is 14.3 Å². The first-order chi connectivity index (χ1) is 9.17. The molecule has 1 aromatic rings. The van der Waals surface area contributed by atoms with Gasteiger partial charge in [-0.3, -0.25) is 4.79 Å². The van der Waals surface area contributed by atoms with Gasteiger partial charge in [0.1, 0.15) is 11.6 Å². The van der Waals surface area contributed by atoms with Crippen molar-refractivity contribution in [1.82, 2.24) is 9.88 Å². The summed E-state index contributed by atoms with van der Waals surface area (Å²) in [6.07, 6.45) is 2.72. The number of amides is 1. The Morgan fingerprint density at radius 2 is 2.47 bits per heavy atom. The molecule has 1 aromatic heterocycles. The summed E-state index contributed by atoms with van der Waals surface area (Å²) in [4.78, 5) is 17.9. The second-order valence-corrected chi connectivity index (χ2v) is 4.56. The molecule has 1 aliphatic rings. The molecular weight excluding hydrogens is 249 g/mol. The largest absolute Gasteiger partial charge is 0.394 e. The molecule has 0 aliphatic carbocycles. The molecule has 0 radical (unpaired) electrons. The minimum atomic E-state index is -0.537. The lowest BCUT2D eigenvalue weighted by atomic mass is 10.2. The zero-order valence-electron chi connectivity index (χ0n) is 10.9. The number of likely N-dealkylation sites (tertiary alicyclic amines) is 1. The van der Waals surface area contributed by atoms with Gasteiger partial charge < -0.3 is 15.3 Å². The van der Waals surface area contributed by atoms with E-state index in [1.165, 1.54) is 6.07 Å². The smallest absolute Gasteiger partial charge is 0.258 e. The quantitative estimate of drug-likeness (QED) is 0.861. The number of aliphatic hydroxyl groups is 1. The third kappa shape index (κ3) is 2.84. The number of anilines is 1. The zero-order chi connectivity index (χ0) is 13.8. The molecule has 1 amide bonds. The van der Waals surface area contributed by atoms with E-state index in [1.54, 1.807) is 4.90 Å². The molecule has 0 bridgehead atoms. The Morgan fingerprint density at radius 3 is 3.16 bits per heavy atom. The lowest BCUT2D eigenvalue weighted by Gasteiger charge is -2.24. The lowest BCUT2D eigenvalue weighted by Crippen LogP contribution is -2.38. The third-order valence-corrected chi connectivity index (χ3v) is 3.28. The van der Waals surface area contributed by atoms with E-state index in [0.29, 0.717) is 18.9 Å². The van der Waals surface area contributed by atoms with Gasteiger partial charge in [0.2, 0.25) is 0 Å². The van der Waals surface area contributed by atoms with E-state index in [9.17, 15) is 14.3 Å². The molecule has 2 heterocycles. The van der Waals surface area contributed by atoms with Gasteiger partial charge in [-0.2, -0.15) is 0 Å².